The summed E-state index contributed by atoms with van der Waals surface area (Å²) in [5.74, 6) is 0. The molecule has 3 rings (SSSR count). The van der Waals surface area contributed by atoms with Crippen molar-refractivity contribution in [1.82, 2.24) is 10.2 Å². The molecule has 0 bridgehead atoms. The van der Waals surface area contributed by atoms with E-state index in [1.54, 1.807) is 11.3 Å². The van der Waals surface area contributed by atoms with Gasteiger partial charge in [-0.2, -0.15) is 0 Å². The summed E-state index contributed by atoms with van der Waals surface area (Å²) >= 11 is 1.68. The van der Waals surface area contributed by atoms with Crippen LogP contribution < -0.4 is 5.32 Å². The highest BCUT2D eigenvalue weighted by molar-refractivity contribution is 7.10. The maximum absolute atomic E-state index is 13.5. The van der Waals surface area contributed by atoms with Crippen molar-refractivity contribution >= 4 is 11.3 Å². The lowest BCUT2D eigenvalue weighted by atomic mass is 10.0. The SMILES string of the molecule is FC(F)[C@@H](CCc1ccccc1)NC[C@@H](c1cccs1)N1CCOCC1. The zero-order chi connectivity index (χ0) is 18.2. The molecule has 3 nitrogen and oxygen atoms in total. The number of alkyl halides is 2. The molecule has 0 unspecified atom stereocenters. The van der Waals surface area contributed by atoms with E-state index in [1.807, 2.05) is 41.8 Å². The molecule has 6 heteroatoms. The van der Waals surface area contributed by atoms with Crippen LogP contribution in [0.25, 0.3) is 0 Å². The number of halogens is 2. The standard InChI is InChI=1S/C20H26F2N2OS/c21-20(22)17(9-8-16-5-2-1-3-6-16)23-15-18(19-7-4-14-26-19)24-10-12-25-13-11-24/h1-7,14,17-18,20,23H,8-13,15H2/t17-,18+/m1/s1. The van der Waals surface area contributed by atoms with Gasteiger partial charge in [-0.25, -0.2) is 8.78 Å². The van der Waals surface area contributed by atoms with Gasteiger partial charge in [-0.15, -0.1) is 11.3 Å². The quantitative estimate of drug-likeness (QED) is 0.712. The molecule has 2 aromatic rings. The molecule has 2 atom stereocenters. The van der Waals surface area contributed by atoms with Crippen LogP contribution in [0.4, 0.5) is 8.78 Å². The first-order valence-corrected chi connectivity index (χ1v) is 10.0. The molecule has 2 heterocycles. The second-order valence-electron chi connectivity index (χ2n) is 6.55. The van der Waals surface area contributed by atoms with E-state index in [-0.39, 0.29) is 6.04 Å². The Bertz CT molecular complexity index is 618. The summed E-state index contributed by atoms with van der Waals surface area (Å²) < 4.78 is 32.5. The van der Waals surface area contributed by atoms with E-state index in [1.165, 1.54) is 4.88 Å². The Hall–Kier alpha value is -1.34. The Morgan fingerprint density at radius 1 is 1.08 bits per heavy atom. The van der Waals surface area contributed by atoms with Crippen LogP contribution in [0.5, 0.6) is 0 Å². The van der Waals surface area contributed by atoms with Gasteiger partial charge in [-0.05, 0) is 29.9 Å². The molecular formula is C20H26F2N2OS. The van der Waals surface area contributed by atoms with Gasteiger partial charge >= 0.3 is 0 Å². The number of nitrogens with one attached hydrogen (secondary N) is 1. The number of ether oxygens (including phenoxy) is 1. The largest absolute Gasteiger partial charge is 0.379 e. The first kappa shape index (κ1) is 19.4. The van der Waals surface area contributed by atoms with Crippen molar-refractivity contribution in [3.63, 3.8) is 0 Å². The lowest BCUT2D eigenvalue weighted by Gasteiger charge is -2.35. The van der Waals surface area contributed by atoms with Crippen LogP contribution in [-0.4, -0.2) is 50.2 Å². The number of nitrogens with zero attached hydrogens (tertiary/aromatic N) is 1. The maximum atomic E-state index is 13.5. The summed E-state index contributed by atoms with van der Waals surface area (Å²) in [6.07, 6.45) is -1.28. The third-order valence-corrected chi connectivity index (χ3v) is 5.80. The van der Waals surface area contributed by atoms with Gasteiger partial charge in [-0.3, -0.25) is 4.90 Å². The van der Waals surface area contributed by atoms with E-state index in [2.05, 4.69) is 16.3 Å². The molecule has 1 fully saturated rings. The number of rotatable bonds is 9. The second-order valence-corrected chi connectivity index (χ2v) is 7.53. The smallest absolute Gasteiger partial charge is 0.253 e. The first-order valence-electron chi connectivity index (χ1n) is 9.14. The van der Waals surface area contributed by atoms with Crippen molar-refractivity contribution in [1.29, 1.82) is 0 Å². The first-order chi connectivity index (χ1) is 12.7. The topological polar surface area (TPSA) is 24.5 Å². The van der Waals surface area contributed by atoms with E-state index in [0.29, 0.717) is 32.6 Å². The Labute approximate surface area is 158 Å². The molecule has 0 radical (unpaired) electrons. The molecule has 1 aromatic heterocycles. The van der Waals surface area contributed by atoms with Gasteiger partial charge in [0, 0.05) is 24.5 Å². The molecule has 1 aliphatic heterocycles. The summed E-state index contributed by atoms with van der Waals surface area (Å²) in [5, 5.41) is 5.19. The average Bonchev–Trinajstić information content (AvgIpc) is 3.20. The number of hydrogen-bond donors (Lipinski definition) is 1. The van der Waals surface area contributed by atoms with Gasteiger partial charge < -0.3 is 10.1 Å². The molecule has 142 valence electrons. The third-order valence-electron chi connectivity index (χ3n) is 4.82. The van der Waals surface area contributed by atoms with Gasteiger partial charge in [0.05, 0.1) is 25.3 Å². The predicted octanol–water partition coefficient (Wildman–Crippen LogP) is 3.98. The van der Waals surface area contributed by atoms with E-state index < -0.39 is 12.5 Å². The van der Waals surface area contributed by atoms with Gasteiger partial charge in [-0.1, -0.05) is 36.4 Å². The minimum atomic E-state index is -2.37. The van der Waals surface area contributed by atoms with Crippen molar-refractivity contribution in [2.24, 2.45) is 0 Å². The number of hydrogen-bond acceptors (Lipinski definition) is 4. The zero-order valence-electron chi connectivity index (χ0n) is 14.8. The Morgan fingerprint density at radius 2 is 1.85 bits per heavy atom. The van der Waals surface area contributed by atoms with Gasteiger partial charge in [0.2, 0.25) is 0 Å². The molecule has 1 aliphatic rings. The molecule has 1 N–H and O–H groups in total. The van der Waals surface area contributed by atoms with Crippen molar-refractivity contribution in [2.75, 3.05) is 32.8 Å². The molecule has 0 spiro atoms. The number of aryl methyl sites for hydroxylation is 1. The predicted molar refractivity (Wildman–Crippen MR) is 102 cm³/mol. The van der Waals surface area contributed by atoms with Gasteiger partial charge in [0.15, 0.2) is 0 Å². The molecule has 0 aliphatic carbocycles. The lowest BCUT2D eigenvalue weighted by Crippen LogP contribution is -2.46. The minimum absolute atomic E-state index is 0.122. The number of morpholine rings is 1. The van der Waals surface area contributed by atoms with Crippen LogP contribution in [0.3, 0.4) is 0 Å². The van der Waals surface area contributed by atoms with Gasteiger partial charge in [0.25, 0.3) is 6.43 Å². The summed E-state index contributed by atoms with van der Waals surface area (Å²) in [5.41, 5.74) is 1.10. The van der Waals surface area contributed by atoms with Crippen molar-refractivity contribution in [3.05, 3.63) is 58.3 Å². The van der Waals surface area contributed by atoms with Crippen LogP contribution in [0.1, 0.15) is 22.9 Å². The summed E-state index contributed by atoms with van der Waals surface area (Å²) in [6.45, 7) is 3.62. The lowest BCUT2D eigenvalue weighted by molar-refractivity contribution is 0.0137. The number of benzene rings is 1. The highest BCUT2D eigenvalue weighted by Gasteiger charge is 2.26. The molecule has 0 amide bonds. The van der Waals surface area contributed by atoms with E-state index in [4.69, 9.17) is 4.74 Å². The van der Waals surface area contributed by atoms with E-state index in [9.17, 15) is 8.78 Å². The van der Waals surface area contributed by atoms with Crippen LogP contribution in [-0.2, 0) is 11.2 Å². The summed E-state index contributed by atoms with van der Waals surface area (Å²) in [6, 6.07) is 13.3. The molecule has 1 aromatic carbocycles. The number of thiophene rings is 1. The van der Waals surface area contributed by atoms with E-state index in [0.717, 1.165) is 18.7 Å². The van der Waals surface area contributed by atoms with Crippen LogP contribution in [0.15, 0.2) is 47.8 Å². The highest BCUT2D eigenvalue weighted by Crippen LogP contribution is 2.26. The maximum Gasteiger partial charge on any atom is 0.253 e. The second kappa shape index (κ2) is 10.1. The molecular weight excluding hydrogens is 354 g/mol. The Morgan fingerprint density at radius 3 is 2.50 bits per heavy atom. The fourth-order valence-corrected chi connectivity index (χ4v) is 4.19. The average molecular weight is 381 g/mol. The molecule has 0 saturated carbocycles. The Balaban J connectivity index is 1.59. The van der Waals surface area contributed by atoms with Gasteiger partial charge in [0.1, 0.15) is 0 Å². The third kappa shape index (κ3) is 5.58. The summed E-state index contributed by atoms with van der Waals surface area (Å²) in [7, 11) is 0. The highest BCUT2D eigenvalue weighted by atomic mass is 32.1. The normalized spacial score (nSPS) is 18.1. The Kier molecular flexibility index (Phi) is 7.55. The fraction of sp³-hybridized carbons (Fsp3) is 0.500. The fourth-order valence-electron chi connectivity index (χ4n) is 3.33. The van der Waals surface area contributed by atoms with Crippen molar-refractivity contribution < 1.29 is 13.5 Å². The minimum Gasteiger partial charge on any atom is -0.379 e. The van der Waals surface area contributed by atoms with Crippen molar-refractivity contribution in [3.8, 4) is 0 Å². The molecule has 26 heavy (non-hydrogen) atoms. The monoisotopic (exact) mass is 380 g/mol. The van der Waals surface area contributed by atoms with E-state index >= 15 is 0 Å². The van der Waals surface area contributed by atoms with Crippen LogP contribution in [0.2, 0.25) is 0 Å². The van der Waals surface area contributed by atoms with Crippen molar-refractivity contribution in [2.45, 2.75) is 31.4 Å². The zero-order valence-corrected chi connectivity index (χ0v) is 15.6. The molecule has 1 saturated heterocycles. The van der Waals surface area contributed by atoms with Crippen LogP contribution >= 0.6 is 11.3 Å². The summed E-state index contributed by atoms with van der Waals surface area (Å²) in [4.78, 5) is 3.55. The van der Waals surface area contributed by atoms with Crippen LogP contribution in [0, 0.1) is 0 Å².